The zero-order chi connectivity index (χ0) is 15.4. The highest BCUT2D eigenvalue weighted by molar-refractivity contribution is 9.10. The van der Waals surface area contributed by atoms with Crippen LogP contribution in [0.25, 0.3) is 0 Å². The minimum atomic E-state index is 0.293. The second-order valence-electron chi connectivity index (χ2n) is 5.51. The summed E-state index contributed by atoms with van der Waals surface area (Å²) in [4.78, 5) is 2.54. The number of rotatable bonds is 4. The van der Waals surface area contributed by atoms with Crippen LogP contribution in [-0.4, -0.2) is 38.2 Å². The van der Waals surface area contributed by atoms with Gasteiger partial charge in [-0.3, -0.25) is 4.90 Å². The maximum atomic E-state index is 5.29. The van der Waals surface area contributed by atoms with Crippen molar-refractivity contribution >= 4 is 15.9 Å². The van der Waals surface area contributed by atoms with Gasteiger partial charge in [-0.05, 0) is 35.4 Å². The molecule has 0 aromatic heterocycles. The lowest BCUT2D eigenvalue weighted by molar-refractivity contribution is 0.198. The summed E-state index contributed by atoms with van der Waals surface area (Å²) in [7, 11) is 1.71. The number of benzene rings is 2. The van der Waals surface area contributed by atoms with Crippen molar-refractivity contribution < 1.29 is 4.74 Å². The van der Waals surface area contributed by atoms with Gasteiger partial charge in [0.25, 0.3) is 0 Å². The Labute approximate surface area is 140 Å². The third-order valence-electron chi connectivity index (χ3n) is 4.13. The topological polar surface area (TPSA) is 24.5 Å². The van der Waals surface area contributed by atoms with E-state index in [1.54, 1.807) is 7.11 Å². The van der Waals surface area contributed by atoms with Crippen molar-refractivity contribution in [3.63, 3.8) is 0 Å². The fraction of sp³-hybridized carbons (Fsp3) is 0.333. The van der Waals surface area contributed by atoms with E-state index in [1.165, 1.54) is 11.1 Å². The Morgan fingerprint density at radius 2 is 1.50 bits per heavy atom. The highest BCUT2D eigenvalue weighted by Gasteiger charge is 2.23. The summed E-state index contributed by atoms with van der Waals surface area (Å²) in [6, 6.07) is 17.4. The molecular formula is C18H21BrN2O. The Hall–Kier alpha value is -1.36. The van der Waals surface area contributed by atoms with Crippen LogP contribution < -0.4 is 10.1 Å². The summed E-state index contributed by atoms with van der Waals surface area (Å²) in [5, 5.41) is 3.43. The van der Waals surface area contributed by atoms with Gasteiger partial charge in [0.05, 0.1) is 13.2 Å². The van der Waals surface area contributed by atoms with Gasteiger partial charge in [-0.25, -0.2) is 0 Å². The van der Waals surface area contributed by atoms with Crippen molar-refractivity contribution in [2.24, 2.45) is 0 Å². The van der Waals surface area contributed by atoms with Gasteiger partial charge in [0.2, 0.25) is 0 Å². The first-order valence-electron chi connectivity index (χ1n) is 7.62. The van der Waals surface area contributed by atoms with Crippen LogP contribution in [0.5, 0.6) is 5.75 Å². The number of nitrogens with one attached hydrogen (secondary N) is 1. The maximum Gasteiger partial charge on any atom is 0.118 e. The minimum Gasteiger partial charge on any atom is -0.497 e. The van der Waals surface area contributed by atoms with E-state index in [1.807, 2.05) is 12.1 Å². The van der Waals surface area contributed by atoms with Gasteiger partial charge >= 0.3 is 0 Å². The minimum absolute atomic E-state index is 0.293. The molecule has 2 aromatic rings. The van der Waals surface area contributed by atoms with E-state index < -0.39 is 0 Å². The summed E-state index contributed by atoms with van der Waals surface area (Å²) in [6.07, 6.45) is 0. The van der Waals surface area contributed by atoms with E-state index in [-0.39, 0.29) is 0 Å². The van der Waals surface area contributed by atoms with E-state index in [0.29, 0.717) is 6.04 Å². The molecule has 116 valence electrons. The SMILES string of the molecule is COc1ccc([C@@H](c2ccc(Br)cc2)N2CCNCC2)cc1. The number of nitrogens with zero attached hydrogens (tertiary/aromatic N) is 1. The van der Waals surface area contributed by atoms with Crippen molar-refractivity contribution in [2.75, 3.05) is 33.3 Å². The van der Waals surface area contributed by atoms with E-state index >= 15 is 0 Å². The Morgan fingerprint density at radius 3 is 2.05 bits per heavy atom. The van der Waals surface area contributed by atoms with Gasteiger partial charge in [-0.15, -0.1) is 0 Å². The van der Waals surface area contributed by atoms with Crippen LogP contribution >= 0.6 is 15.9 Å². The van der Waals surface area contributed by atoms with E-state index in [2.05, 4.69) is 62.5 Å². The highest BCUT2D eigenvalue weighted by atomic mass is 79.9. The van der Waals surface area contributed by atoms with Crippen LogP contribution in [0, 0.1) is 0 Å². The van der Waals surface area contributed by atoms with Crippen LogP contribution in [0.2, 0.25) is 0 Å². The molecule has 2 aromatic carbocycles. The van der Waals surface area contributed by atoms with Gasteiger partial charge in [-0.1, -0.05) is 40.2 Å². The van der Waals surface area contributed by atoms with E-state index in [9.17, 15) is 0 Å². The first-order chi connectivity index (χ1) is 10.8. The lowest BCUT2D eigenvalue weighted by Crippen LogP contribution is -2.45. The summed E-state index contributed by atoms with van der Waals surface area (Å²) in [5.41, 5.74) is 2.64. The molecule has 1 aliphatic rings. The molecule has 0 spiro atoms. The quantitative estimate of drug-likeness (QED) is 0.903. The molecule has 1 heterocycles. The van der Waals surface area contributed by atoms with Crippen molar-refractivity contribution in [3.8, 4) is 5.75 Å². The number of methoxy groups -OCH3 is 1. The van der Waals surface area contributed by atoms with Crippen LogP contribution in [0.15, 0.2) is 53.0 Å². The van der Waals surface area contributed by atoms with Crippen LogP contribution in [0.4, 0.5) is 0 Å². The molecule has 0 saturated carbocycles. The van der Waals surface area contributed by atoms with Crippen molar-refractivity contribution in [3.05, 3.63) is 64.1 Å². The number of ether oxygens (including phenoxy) is 1. The Balaban J connectivity index is 1.95. The first-order valence-corrected chi connectivity index (χ1v) is 8.41. The molecule has 1 aliphatic heterocycles. The second-order valence-corrected chi connectivity index (χ2v) is 6.43. The fourth-order valence-electron chi connectivity index (χ4n) is 2.99. The number of piperazine rings is 1. The van der Waals surface area contributed by atoms with Gasteiger partial charge in [0, 0.05) is 30.7 Å². The van der Waals surface area contributed by atoms with Gasteiger partial charge in [-0.2, -0.15) is 0 Å². The molecule has 4 heteroatoms. The molecule has 0 unspecified atom stereocenters. The first kappa shape index (κ1) is 15.5. The molecular weight excluding hydrogens is 340 g/mol. The molecule has 0 radical (unpaired) electrons. The predicted octanol–water partition coefficient (Wildman–Crippen LogP) is 3.45. The molecule has 1 fully saturated rings. The normalized spacial score (nSPS) is 17.2. The van der Waals surface area contributed by atoms with Gasteiger partial charge < -0.3 is 10.1 Å². The van der Waals surface area contributed by atoms with Crippen LogP contribution in [0.1, 0.15) is 17.2 Å². The second kappa shape index (κ2) is 7.27. The summed E-state index contributed by atoms with van der Waals surface area (Å²) in [6.45, 7) is 4.21. The smallest absolute Gasteiger partial charge is 0.118 e. The predicted molar refractivity (Wildman–Crippen MR) is 93.4 cm³/mol. The molecule has 1 atom stereocenters. The number of hydrogen-bond donors (Lipinski definition) is 1. The zero-order valence-corrected chi connectivity index (χ0v) is 14.3. The maximum absolute atomic E-state index is 5.29. The third kappa shape index (κ3) is 3.51. The standard InChI is InChI=1S/C18H21BrN2O/c1-22-17-8-4-15(5-9-17)18(21-12-10-20-11-13-21)14-2-6-16(19)7-3-14/h2-9,18,20H,10-13H2,1H3/t18-/m1/s1. The van der Waals surface area contributed by atoms with E-state index in [0.717, 1.165) is 36.4 Å². The molecule has 22 heavy (non-hydrogen) atoms. The fourth-order valence-corrected chi connectivity index (χ4v) is 3.25. The molecule has 1 saturated heterocycles. The van der Waals surface area contributed by atoms with Crippen LogP contribution in [-0.2, 0) is 0 Å². The van der Waals surface area contributed by atoms with Gasteiger partial charge in [0.1, 0.15) is 5.75 Å². The zero-order valence-electron chi connectivity index (χ0n) is 12.8. The monoisotopic (exact) mass is 360 g/mol. The van der Waals surface area contributed by atoms with Crippen molar-refractivity contribution in [1.82, 2.24) is 10.2 Å². The lowest BCUT2D eigenvalue weighted by atomic mass is 9.96. The Morgan fingerprint density at radius 1 is 0.955 bits per heavy atom. The average Bonchev–Trinajstić information content (AvgIpc) is 2.58. The molecule has 3 rings (SSSR count). The number of hydrogen-bond acceptors (Lipinski definition) is 3. The lowest BCUT2D eigenvalue weighted by Gasteiger charge is -2.35. The molecule has 0 aliphatic carbocycles. The van der Waals surface area contributed by atoms with E-state index in [4.69, 9.17) is 4.74 Å². The van der Waals surface area contributed by atoms with Crippen molar-refractivity contribution in [1.29, 1.82) is 0 Å². The van der Waals surface area contributed by atoms with Gasteiger partial charge in [0.15, 0.2) is 0 Å². The number of halogens is 1. The van der Waals surface area contributed by atoms with Crippen molar-refractivity contribution in [2.45, 2.75) is 6.04 Å². The Bertz CT molecular complexity index is 591. The van der Waals surface area contributed by atoms with Crippen LogP contribution in [0.3, 0.4) is 0 Å². The highest BCUT2D eigenvalue weighted by Crippen LogP contribution is 2.30. The summed E-state index contributed by atoms with van der Waals surface area (Å²) >= 11 is 3.53. The Kier molecular flexibility index (Phi) is 5.13. The average molecular weight is 361 g/mol. The molecule has 0 bridgehead atoms. The third-order valence-corrected chi connectivity index (χ3v) is 4.66. The largest absolute Gasteiger partial charge is 0.497 e. The molecule has 3 nitrogen and oxygen atoms in total. The molecule has 1 N–H and O–H groups in total. The summed E-state index contributed by atoms with van der Waals surface area (Å²) < 4.78 is 6.40. The summed E-state index contributed by atoms with van der Waals surface area (Å²) in [5.74, 6) is 0.901. The molecule has 0 amide bonds.